The van der Waals surface area contributed by atoms with E-state index in [0.717, 1.165) is 0 Å². The van der Waals surface area contributed by atoms with Crippen molar-refractivity contribution in [2.24, 2.45) is 0 Å². The van der Waals surface area contributed by atoms with Crippen molar-refractivity contribution in [2.75, 3.05) is 6.61 Å². The minimum atomic E-state index is -3.05. The van der Waals surface area contributed by atoms with E-state index in [2.05, 4.69) is 0 Å². The Morgan fingerprint density at radius 1 is 0.821 bits per heavy atom. The number of ketones is 2. The average molecular weight is 388 g/mol. The molecule has 0 bridgehead atoms. The normalized spacial score (nSPS) is 32.7. The largest absolute Gasteiger partial charge is 0.394 e. The Bertz CT molecular complexity index is 855. The van der Waals surface area contributed by atoms with Gasteiger partial charge in [-0.15, -0.1) is 0 Å². The Morgan fingerprint density at radius 3 is 1.68 bits per heavy atom. The highest BCUT2D eigenvalue weighted by molar-refractivity contribution is 6.07. The maximum Gasteiger partial charge on any atom is 0.208 e. The summed E-state index contributed by atoms with van der Waals surface area (Å²) in [5, 5.41) is 52.5. The van der Waals surface area contributed by atoms with Gasteiger partial charge in [-0.25, -0.2) is 0 Å². The highest BCUT2D eigenvalue weighted by Crippen LogP contribution is 2.39. The third kappa shape index (κ3) is 2.96. The third-order valence-corrected chi connectivity index (χ3v) is 4.96. The van der Waals surface area contributed by atoms with Crippen LogP contribution in [0.1, 0.15) is 20.7 Å². The molecule has 1 aliphatic heterocycles. The summed E-state index contributed by atoms with van der Waals surface area (Å²) in [6.07, 6.45) is -6.56. The van der Waals surface area contributed by atoms with Crippen molar-refractivity contribution in [3.63, 3.8) is 0 Å². The molecule has 28 heavy (non-hydrogen) atoms. The van der Waals surface area contributed by atoms with E-state index in [1.54, 1.807) is 12.1 Å². The third-order valence-electron chi connectivity index (χ3n) is 4.96. The van der Waals surface area contributed by atoms with Crippen LogP contribution in [-0.4, -0.2) is 73.4 Å². The highest BCUT2D eigenvalue weighted by Gasteiger charge is 2.68. The summed E-state index contributed by atoms with van der Waals surface area (Å²) >= 11 is 0. The first-order valence-electron chi connectivity index (χ1n) is 8.54. The lowest BCUT2D eigenvalue weighted by Gasteiger charge is -2.50. The zero-order chi connectivity index (χ0) is 20.5. The van der Waals surface area contributed by atoms with Crippen LogP contribution < -0.4 is 0 Å². The van der Waals surface area contributed by atoms with E-state index < -0.39 is 47.9 Å². The number of hydrogen-bond acceptors (Lipinski definition) is 8. The topological polar surface area (TPSA) is 145 Å². The molecular weight excluding hydrogens is 368 g/mol. The smallest absolute Gasteiger partial charge is 0.208 e. The van der Waals surface area contributed by atoms with E-state index in [9.17, 15) is 35.1 Å². The first-order chi connectivity index (χ1) is 13.3. The maximum absolute atomic E-state index is 12.9. The fourth-order valence-corrected chi connectivity index (χ4v) is 3.34. The SMILES string of the molecule is O=C(c1ccccc1)[C@]1(O)[C@@H](O)[C@@](O)(C(=O)c2ccccc2)[C@@H](CO)O[C@H]1O. The predicted octanol–water partition coefficient (Wildman–Crippen LogP) is -0.715. The summed E-state index contributed by atoms with van der Waals surface area (Å²) in [4.78, 5) is 25.8. The molecule has 2 aromatic rings. The fraction of sp³-hybridized carbons (Fsp3) is 0.300. The molecule has 1 fully saturated rings. The van der Waals surface area contributed by atoms with Gasteiger partial charge in [-0.05, 0) is 0 Å². The average Bonchev–Trinajstić information content (AvgIpc) is 2.74. The highest BCUT2D eigenvalue weighted by atomic mass is 16.6. The van der Waals surface area contributed by atoms with Gasteiger partial charge in [0.15, 0.2) is 17.7 Å². The van der Waals surface area contributed by atoms with Crippen molar-refractivity contribution in [2.45, 2.75) is 29.7 Å². The molecule has 0 amide bonds. The summed E-state index contributed by atoms with van der Waals surface area (Å²) < 4.78 is 5.03. The van der Waals surface area contributed by atoms with Crippen LogP contribution in [0.2, 0.25) is 0 Å². The summed E-state index contributed by atoms with van der Waals surface area (Å²) in [5.74, 6) is -2.23. The van der Waals surface area contributed by atoms with Crippen LogP contribution in [0.5, 0.6) is 0 Å². The second-order valence-electron chi connectivity index (χ2n) is 6.60. The lowest BCUT2D eigenvalue weighted by Crippen LogP contribution is -2.77. The molecule has 0 saturated carbocycles. The maximum atomic E-state index is 12.9. The van der Waals surface area contributed by atoms with Gasteiger partial charge >= 0.3 is 0 Å². The van der Waals surface area contributed by atoms with Gasteiger partial charge in [0.25, 0.3) is 0 Å². The minimum absolute atomic E-state index is 0.0444. The Kier molecular flexibility index (Phi) is 5.44. The molecule has 0 unspecified atom stereocenters. The lowest BCUT2D eigenvalue weighted by molar-refractivity contribution is -0.328. The van der Waals surface area contributed by atoms with Crippen molar-refractivity contribution in [3.8, 4) is 0 Å². The molecule has 5 atom stereocenters. The van der Waals surface area contributed by atoms with Gasteiger partial charge in [0.2, 0.25) is 11.4 Å². The number of hydrogen-bond donors (Lipinski definition) is 5. The van der Waals surface area contributed by atoms with E-state index >= 15 is 0 Å². The van der Waals surface area contributed by atoms with Gasteiger partial charge in [-0.3, -0.25) is 9.59 Å². The fourth-order valence-electron chi connectivity index (χ4n) is 3.34. The molecule has 8 nitrogen and oxygen atoms in total. The molecule has 0 spiro atoms. The van der Waals surface area contributed by atoms with Gasteiger partial charge in [-0.1, -0.05) is 60.7 Å². The van der Waals surface area contributed by atoms with Crippen molar-refractivity contribution in [1.29, 1.82) is 0 Å². The van der Waals surface area contributed by atoms with Crippen LogP contribution in [-0.2, 0) is 4.74 Å². The Morgan fingerprint density at radius 2 is 1.25 bits per heavy atom. The number of aliphatic hydroxyl groups excluding tert-OH is 3. The van der Waals surface area contributed by atoms with E-state index in [1.165, 1.54) is 48.5 Å². The summed E-state index contributed by atoms with van der Waals surface area (Å²) in [5.41, 5.74) is -6.07. The zero-order valence-electron chi connectivity index (χ0n) is 14.7. The minimum Gasteiger partial charge on any atom is -0.394 e. The van der Waals surface area contributed by atoms with E-state index in [-0.39, 0.29) is 11.1 Å². The van der Waals surface area contributed by atoms with Crippen LogP contribution >= 0.6 is 0 Å². The Hall–Kier alpha value is -2.46. The number of aliphatic hydroxyl groups is 5. The second kappa shape index (κ2) is 7.51. The Labute approximate surface area is 160 Å². The van der Waals surface area contributed by atoms with Gasteiger partial charge in [-0.2, -0.15) is 0 Å². The van der Waals surface area contributed by atoms with Gasteiger partial charge in [0.05, 0.1) is 6.61 Å². The number of ether oxygens (including phenoxy) is 1. The molecular formula is C20H20O8. The molecule has 0 aliphatic carbocycles. The standard InChI is InChI=1S/C20H20O8/c21-11-14-19(26,15(22)12-7-3-1-4-8-12)17(24)20(27,18(25)28-14)16(23)13-9-5-2-6-10-13/h1-10,14,17-18,21,24-27H,11H2/t14-,17+,18-,19+,20+/m1/s1. The van der Waals surface area contributed by atoms with Gasteiger partial charge < -0.3 is 30.3 Å². The molecule has 1 aliphatic rings. The lowest BCUT2D eigenvalue weighted by atomic mass is 9.70. The van der Waals surface area contributed by atoms with Crippen LogP contribution in [0.15, 0.2) is 60.7 Å². The van der Waals surface area contributed by atoms with Crippen LogP contribution in [0, 0.1) is 0 Å². The zero-order valence-corrected chi connectivity index (χ0v) is 14.7. The second-order valence-corrected chi connectivity index (χ2v) is 6.60. The number of benzene rings is 2. The predicted molar refractivity (Wildman–Crippen MR) is 95.4 cm³/mol. The van der Waals surface area contributed by atoms with Crippen molar-refractivity contribution in [3.05, 3.63) is 71.8 Å². The van der Waals surface area contributed by atoms with Crippen LogP contribution in [0.3, 0.4) is 0 Å². The molecule has 8 heteroatoms. The molecule has 2 aromatic carbocycles. The summed E-state index contributed by atoms with van der Waals surface area (Å²) in [7, 11) is 0. The molecule has 1 heterocycles. The van der Waals surface area contributed by atoms with Crippen molar-refractivity contribution in [1.82, 2.24) is 0 Å². The van der Waals surface area contributed by atoms with Crippen LogP contribution in [0.4, 0.5) is 0 Å². The molecule has 5 N–H and O–H groups in total. The van der Waals surface area contributed by atoms with Gasteiger partial charge in [0.1, 0.15) is 12.2 Å². The number of Topliss-reactive ketones (excluding diaryl/α,β-unsaturated/α-hetero) is 2. The molecule has 1 saturated heterocycles. The summed E-state index contributed by atoms with van der Waals surface area (Å²) in [6.45, 7) is -0.960. The van der Waals surface area contributed by atoms with Gasteiger partial charge in [0, 0.05) is 11.1 Å². The molecule has 3 rings (SSSR count). The monoisotopic (exact) mass is 388 g/mol. The molecule has 148 valence electrons. The number of rotatable bonds is 5. The van der Waals surface area contributed by atoms with Crippen molar-refractivity contribution >= 4 is 11.6 Å². The number of carbonyl (C=O) groups excluding carboxylic acids is 2. The molecule has 0 radical (unpaired) electrons. The Balaban J connectivity index is 2.09. The first-order valence-corrected chi connectivity index (χ1v) is 8.54. The van der Waals surface area contributed by atoms with Crippen LogP contribution in [0.25, 0.3) is 0 Å². The van der Waals surface area contributed by atoms with E-state index in [0.29, 0.717) is 0 Å². The van der Waals surface area contributed by atoms with E-state index in [4.69, 9.17) is 4.74 Å². The quantitative estimate of drug-likeness (QED) is 0.422. The summed E-state index contributed by atoms with van der Waals surface area (Å²) in [6, 6.07) is 14.6. The number of carbonyl (C=O) groups is 2. The first kappa shape index (κ1) is 20.3. The molecule has 0 aromatic heterocycles. The van der Waals surface area contributed by atoms with E-state index in [1.807, 2.05) is 0 Å². The van der Waals surface area contributed by atoms with Crippen molar-refractivity contribution < 1.29 is 39.9 Å².